The number of carbonyl (C=O) groups excluding carboxylic acids is 1. The lowest BCUT2D eigenvalue weighted by Crippen LogP contribution is -2.38. The first-order chi connectivity index (χ1) is 13.6. The number of halogens is 2. The van der Waals surface area contributed by atoms with Crippen molar-refractivity contribution in [3.8, 4) is 5.69 Å². The fourth-order valence-corrected chi connectivity index (χ4v) is 4.32. The molecule has 3 aromatic rings. The molecule has 146 valence electrons. The number of rotatable bonds is 3. The number of hydrogen-bond donors (Lipinski definition) is 0. The maximum absolute atomic E-state index is 13.4. The Morgan fingerprint density at radius 3 is 2.57 bits per heavy atom. The minimum atomic E-state index is -0.241. The first kappa shape index (κ1) is 19.0. The summed E-state index contributed by atoms with van der Waals surface area (Å²) in [6.45, 7) is 3.62. The number of nitrogens with zero attached hydrogens (tertiary/aromatic N) is 2. The van der Waals surface area contributed by atoms with Crippen LogP contribution in [0.3, 0.4) is 0 Å². The molecule has 4 rings (SSSR count). The van der Waals surface area contributed by atoms with E-state index in [9.17, 15) is 9.18 Å². The SMILES string of the molecule is CCOC(=O)N1CCC(c2cn(-c3ccc(F)cc3)c3ccc(Br)cc23)CC1. The van der Waals surface area contributed by atoms with Gasteiger partial charge >= 0.3 is 6.09 Å². The lowest BCUT2D eigenvalue weighted by Gasteiger charge is -2.31. The van der Waals surface area contributed by atoms with Crippen LogP contribution in [0.4, 0.5) is 9.18 Å². The second kappa shape index (κ2) is 7.95. The van der Waals surface area contributed by atoms with Crippen molar-refractivity contribution in [3.05, 3.63) is 64.5 Å². The average Bonchev–Trinajstić information content (AvgIpc) is 3.07. The van der Waals surface area contributed by atoms with Crippen molar-refractivity contribution in [2.45, 2.75) is 25.7 Å². The van der Waals surface area contributed by atoms with Crippen molar-refractivity contribution in [2.24, 2.45) is 0 Å². The molecule has 1 amide bonds. The van der Waals surface area contributed by atoms with E-state index in [4.69, 9.17) is 4.74 Å². The van der Waals surface area contributed by atoms with Crippen LogP contribution in [0.5, 0.6) is 0 Å². The molecular weight excluding hydrogens is 423 g/mol. The molecule has 1 aliphatic heterocycles. The number of amides is 1. The largest absolute Gasteiger partial charge is 0.450 e. The lowest BCUT2D eigenvalue weighted by atomic mass is 9.89. The van der Waals surface area contributed by atoms with E-state index in [1.807, 2.05) is 13.0 Å². The Bertz CT molecular complexity index is 992. The molecule has 0 unspecified atom stereocenters. The zero-order valence-corrected chi connectivity index (χ0v) is 17.3. The molecule has 0 saturated carbocycles. The highest BCUT2D eigenvalue weighted by Gasteiger charge is 2.27. The smallest absolute Gasteiger partial charge is 0.409 e. The Morgan fingerprint density at radius 2 is 1.89 bits per heavy atom. The second-order valence-electron chi connectivity index (χ2n) is 7.05. The number of ether oxygens (including phenoxy) is 1. The zero-order chi connectivity index (χ0) is 19.7. The van der Waals surface area contributed by atoms with Gasteiger partial charge in [0, 0.05) is 34.8 Å². The fourth-order valence-electron chi connectivity index (χ4n) is 3.96. The van der Waals surface area contributed by atoms with E-state index in [0.717, 1.165) is 28.5 Å². The van der Waals surface area contributed by atoms with Gasteiger partial charge in [0.05, 0.1) is 12.1 Å². The van der Waals surface area contributed by atoms with Crippen molar-refractivity contribution in [2.75, 3.05) is 19.7 Å². The van der Waals surface area contributed by atoms with Crippen LogP contribution in [0.15, 0.2) is 53.1 Å². The number of piperidine rings is 1. The Morgan fingerprint density at radius 1 is 1.18 bits per heavy atom. The van der Waals surface area contributed by atoms with Crippen LogP contribution in [0.1, 0.15) is 31.2 Å². The van der Waals surface area contributed by atoms with Crippen molar-refractivity contribution in [3.63, 3.8) is 0 Å². The Hall–Kier alpha value is -2.34. The third kappa shape index (κ3) is 3.65. The van der Waals surface area contributed by atoms with Gasteiger partial charge in [-0.2, -0.15) is 0 Å². The van der Waals surface area contributed by atoms with Gasteiger partial charge in [0.25, 0.3) is 0 Å². The molecule has 0 radical (unpaired) electrons. The zero-order valence-electron chi connectivity index (χ0n) is 15.7. The first-order valence-corrected chi connectivity index (χ1v) is 10.3. The van der Waals surface area contributed by atoms with Gasteiger partial charge in [-0.1, -0.05) is 15.9 Å². The van der Waals surface area contributed by atoms with E-state index < -0.39 is 0 Å². The van der Waals surface area contributed by atoms with Gasteiger partial charge in [0.2, 0.25) is 0 Å². The number of carbonyl (C=O) groups is 1. The number of likely N-dealkylation sites (tertiary alicyclic amines) is 1. The number of aromatic nitrogens is 1. The predicted molar refractivity (Wildman–Crippen MR) is 112 cm³/mol. The molecule has 4 nitrogen and oxygen atoms in total. The molecule has 0 bridgehead atoms. The predicted octanol–water partition coefficient (Wildman–Crippen LogP) is 5.87. The molecule has 0 spiro atoms. The van der Waals surface area contributed by atoms with Crippen molar-refractivity contribution in [1.82, 2.24) is 9.47 Å². The minimum Gasteiger partial charge on any atom is -0.450 e. The number of hydrogen-bond acceptors (Lipinski definition) is 2. The molecule has 1 fully saturated rings. The molecule has 0 atom stereocenters. The standard InChI is InChI=1S/C22H22BrFN2O2/c1-2-28-22(27)25-11-9-15(10-12-25)20-14-26(18-6-4-17(24)5-7-18)21-8-3-16(23)13-19(20)21/h3-8,13-15H,2,9-12H2,1H3. The fraction of sp³-hybridized carbons (Fsp3) is 0.318. The molecule has 6 heteroatoms. The quantitative estimate of drug-likeness (QED) is 0.506. The van der Waals surface area contributed by atoms with Crippen LogP contribution in [-0.2, 0) is 4.74 Å². The van der Waals surface area contributed by atoms with Crippen molar-refractivity contribution >= 4 is 32.9 Å². The maximum Gasteiger partial charge on any atom is 0.409 e. The number of benzene rings is 2. The monoisotopic (exact) mass is 444 g/mol. The van der Waals surface area contributed by atoms with Crippen LogP contribution in [-0.4, -0.2) is 35.3 Å². The molecule has 1 saturated heterocycles. The highest BCUT2D eigenvalue weighted by Crippen LogP contribution is 2.37. The topological polar surface area (TPSA) is 34.5 Å². The average molecular weight is 445 g/mol. The van der Waals surface area contributed by atoms with E-state index in [2.05, 4.69) is 38.8 Å². The summed E-state index contributed by atoms with van der Waals surface area (Å²) >= 11 is 3.58. The van der Waals surface area contributed by atoms with Crippen LogP contribution in [0.25, 0.3) is 16.6 Å². The van der Waals surface area contributed by atoms with Gasteiger partial charge in [-0.15, -0.1) is 0 Å². The highest BCUT2D eigenvalue weighted by molar-refractivity contribution is 9.10. The Kier molecular flexibility index (Phi) is 5.40. The summed E-state index contributed by atoms with van der Waals surface area (Å²) in [5.74, 6) is 0.124. The molecule has 0 N–H and O–H groups in total. The summed E-state index contributed by atoms with van der Waals surface area (Å²) in [6, 6.07) is 12.8. The summed E-state index contributed by atoms with van der Waals surface area (Å²) in [5, 5.41) is 1.19. The molecule has 0 aliphatic carbocycles. The van der Waals surface area contributed by atoms with Crippen molar-refractivity contribution < 1.29 is 13.9 Å². The van der Waals surface area contributed by atoms with E-state index in [1.54, 1.807) is 17.0 Å². The van der Waals surface area contributed by atoms with Gasteiger partial charge in [-0.05, 0) is 73.7 Å². The van der Waals surface area contributed by atoms with E-state index >= 15 is 0 Å². The van der Waals surface area contributed by atoms with E-state index in [1.165, 1.54) is 23.1 Å². The molecular formula is C22H22BrFN2O2. The summed E-state index contributed by atoms with van der Waals surface area (Å²) in [7, 11) is 0. The Labute approximate surface area is 172 Å². The van der Waals surface area contributed by atoms with Gasteiger partial charge in [0.15, 0.2) is 0 Å². The van der Waals surface area contributed by atoms with Crippen LogP contribution >= 0.6 is 15.9 Å². The maximum atomic E-state index is 13.4. The van der Waals surface area contributed by atoms with Gasteiger partial charge in [-0.3, -0.25) is 0 Å². The molecule has 1 aliphatic rings. The van der Waals surface area contributed by atoms with Gasteiger partial charge < -0.3 is 14.2 Å². The van der Waals surface area contributed by atoms with E-state index in [-0.39, 0.29) is 11.9 Å². The third-order valence-electron chi connectivity index (χ3n) is 5.36. The number of fused-ring (bicyclic) bond motifs is 1. The van der Waals surface area contributed by atoms with Crippen LogP contribution in [0, 0.1) is 5.82 Å². The van der Waals surface area contributed by atoms with Gasteiger partial charge in [0.1, 0.15) is 5.82 Å². The molecule has 1 aromatic heterocycles. The highest BCUT2D eigenvalue weighted by atomic mass is 79.9. The molecule has 2 heterocycles. The summed E-state index contributed by atoms with van der Waals surface area (Å²) in [6.07, 6.45) is 3.73. The lowest BCUT2D eigenvalue weighted by molar-refractivity contribution is 0.0971. The van der Waals surface area contributed by atoms with Gasteiger partial charge in [-0.25, -0.2) is 9.18 Å². The molecule has 28 heavy (non-hydrogen) atoms. The Balaban J connectivity index is 1.67. The second-order valence-corrected chi connectivity index (χ2v) is 7.97. The third-order valence-corrected chi connectivity index (χ3v) is 5.86. The summed E-state index contributed by atoms with van der Waals surface area (Å²) in [4.78, 5) is 13.8. The molecule has 2 aromatic carbocycles. The minimum absolute atomic E-state index is 0.225. The first-order valence-electron chi connectivity index (χ1n) is 9.55. The summed E-state index contributed by atoms with van der Waals surface area (Å²) in [5.41, 5.74) is 3.30. The summed E-state index contributed by atoms with van der Waals surface area (Å²) < 4.78 is 21.6. The van der Waals surface area contributed by atoms with Crippen molar-refractivity contribution in [1.29, 1.82) is 0 Å². The van der Waals surface area contributed by atoms with Crippen LogP contribution < -0.4 is 0 Å². The van der Waals surface area contributed by atoms with E-state index in [0.29, 0.717) is 25.6 Å². The normalized spacial score (nSPS) is 15.2. The van der Waals surface area contributed by atoms with Crippen LogP contribution in [0.2, 0.25) is 0 Å².